The molecule has 0 spiro atoms. The van der Waals surface area contributed by atoms with Crippen molar-refractivity contribution in [3.05, 3.63) is 64.5 Å². The van der Waals surface area contributed by atoms with Crippen molar-refractivity contribution in [1.82, 2.24) is 30.2 Å². The van der Waals surface area contributed by atoms with Crippen LogP contribution in [0.15, 0.2) is 36.7 Å². The van der Waals surface area contributed by atoms with Crippen LogP contribution in [0.2, 0.25) is 0 Å². The number of benzene rings is 1. The second-order valence-electron chi connectivity index (χ2n) is 7.19. The summed E-state index contributed by atoms with van der Waals surface area (Å²) in [6.07, 6.45) is 9.68. The first-order valence-electron chi connectivity index (χ1n) is 9.33. The molecule has 0 unspecified atom stereocenters. The van der Waals surface area contributed by atoms with Gasteiger partial charge in [-0.25, -0.2) is 4.98 Å². The summed E-state index contributed by atoms with van der Waals surface area (Å²) in [6.45, 7) is 0.807. The van der Waals surface area contributed by atoms with Crippen molar-refractivity contribution in [2.75, 3.05) is 5.73 Å². The van der Waals surface area contributed by atoms with Crippen molar-refractivity contribution in [3.63, 3.8) is 0 Å². The topological polar surface area (TPSA) is 98.3 Å². The van der Waals surface area contributed by atoms with Crippen LogP contribution in [0.5, 0.6) is 0 Å². The molecule has 7 heteroatoms. The Morgan fingerprint density at radius 1 is 1.11 bits per heavy atom. The third-order valence-corrected chi connectivity index (χ3v) is 5.30. The van der Waals surface area contributed by atoms with Gasteiger partial charge in [0.05, 0.1) is 12.7 Å². The number of rotatable bonds is 4. The zero-order valence-corrected chi connectivity index (χ0v) is 15.0. The van der Waals surface area contributed by atoms with E-state index in [1.54, 1.807) is 0 Å². The Kier molecular flexibility index (Phi) is 3.85. The Morgan fingerprint density at radius 2 is 2.04 bits per heavy atom. The highest BCUT2D eigenvalue weighted by Crippen LogP contribution is 2.25. The number of nitrogen functional groups attached to an aromatic ring is 1. The van der Waals surface area contributed by atoms with Crippen molar-refractivity contribution >= 4 is 17.0 Å². The molecule has 7 nitrogen and oxygen atoms in total. The fourth-order valence-corrected chi connectivity index (χ4v) is 4.04. The van der Waals surface area contributed by atoms with E-state index < -0.39 is 0 Å². The minimum absolute atomic E-state index is 0.453. The van der Waals surface area contributed by atoms with Crippen LogP contribution < -0.4 is 5.73 Å². The molecule has 0 radical (unpaired) electrons. The van der Waals surface area contributed by atoms with Gasteiger partial charge in [-0.1, -0.05) is 18.2 Å². The van der Waals surface area contributed by atoms with Crippen molar-refractivity contribution in [3.8, 4) is 0 Å². The average molecular weight is 359 g/mol. The van der Waals surface area contributed by atoms with Gasteiger partial charge in [-0.15, -0.1) is 5.10 Å². The lowest BCUT2D eigenvalue weighted by Crippen LogP contribution is -2.09. The molecule has 3 heterocycles. The number of pyridine rings is 1. The number of nitrogens with zero attached hydrogens (tertiary/aromatic N) is 5. The number of aromatic nitrogens is 6. The molecule has 5 rings (SSSR count). The number of fused-ring (bicyclic) bond motifs is 2. The average Bonchev–Trinajstić information content (AvgIpc) is 3.31. The minimum Gasteiger partial charge on any atom is -0.384 e. The van der Waals surface area contributed by atoms with Gasteiger partial charge in [0, 0.05) is 12.6 Å². The van der Waals surface area contributed by atoms with E-state index in [2.05, 4.69) is 49.9 Å². The fourth-order valence-electron chi connectivity index (χ4n) is 4.04. The molecular formula is C20H21N7. The lowest BCUT2D eigenvalue weighted by atomic mass is 9.88. The Labute approximate surface area is 156 Å². The smallest absolute Gasteiger partial charge is 0.203 e. The Hall–Kier alpha value is -3.22. The number of hydrogen-bond acceptors (Lipinski definition) is 5. The van der Waals surface area contributed by atoms with Crippen molar-refractivity contribution in [1.29, 1.82) is 0 Å². The van der Waals surface area contributed by atoms with E-state index in [4.69, 9.17) is 5.73 Å². The molecule has 4 aromatic rings. The predicted molar refractivity (Wildman–Crippen MR) is 103 cm³/mol. The van der Waals surface area contributed by atoms with Gasteiger partial charge in [0.15, 0.2) is 0 Å². The number of H-pyrrole nitrogens is 1. The molecule has 0 atom stereocenters. The molecule has 0 saturated carbocycles. The summed E-state index contributed by atoms with van der Waals surface area (Å²) in [5, 5.41) is 15.4. The van der Waals surface area contributed by atoms with E-state index in [9.17, 15) is 0 Å². The largest absolute Gasteiger partial charge is 0.384 e. The first-order chi connectivity index (χ1) is 13.3. The predicted octanol–water partition coefficient (Wildman–Crippen LogP) is 2.65. The molecule has 0 amide bonds. The summed E-state index contributed by atoms with van der Waals surface area (Å²) in [7, 11) is 0. The molecule has 1 aliphatic carbocycles. The summed E-state index contributed by atoms with van der Waals surface area (Å²) < 4.78 is 2.02. The van der Waals surface area contributed by atoms with Gasteiger partial charge < -0.3 is 5.73 Å². The maximum Gasteiger partial charge on any atom is 0.203 e. The van der Waals surface area contributed by atoms with Crippen molar-refractivity contribution < 1.29 is 0 Å². The molecule has 27 heavy (non-hydrogen) atoms. The number of anilines is 1. The quantitative estimate of drug-likeness (QED) is 0.584. The first kappa shape index (κ1) is 16.0. The van der Waals surface area contributed by atoms with Gasteiger partial charge in [0.1, 0.15) is 11.3 Å². The molecule has 0 saturated heterocycles. The molecular weight excluding hydrogens is 338 g/mol. The molecule has 1 aliphatic rings. The van der Waals surface area contributed by atoms with Crippen LogP contribution in [-0.4, -0.2) is 30.2 Å². The van der Waals surface area contributed by atoms with Crippen LogP contribution in [0.25, 0.3) is 11.2 Å². The van der Waals surface area contributed by atoms with Gasteiger partial charge in [0.2, 0.25) is 5.65 Å². The Bertz CT molecular complexity index is 1110. The van der Waals surface area contributed by atoms with E-state index in [1.165, 1.54) is 42.4 Å². The monoisotopic (exact) mass is 359 g/mol. The van der Waals surface area contributed by atoms with E-state index in [0.29, 0.717) is 17.9 Å². The second kappa shape index (κ2) is 6.50. The first-order valence-corrected chi connectivity index (χ1v) is 9.33. The van der Waals surface area contributed by atoms with Crippen LogP contribution in [-0.2, 0) is 25.8 Å². The zero-order valence-electron chi connectivity index (χ0n) is 15.0. The normalized spacial score (nSPS) is 13.8. The summed E-state index contributed by atoms with van der Waals surface area (Å²) in [5.74, 6) is 0.453. The molecule has 1 aromatic carbocycles. The highest BCUT2D eigenvalue weighted by Gasteiger charge is 2.14. The third kappa shape index (κ3) is 3.05. The summed E-state index contributed by atoms with van der Waals surface area (Å²) >= 11 is 0. The molecule has 3 aromatic heterocycles. The molecule has 136 valence electrons. The van der Waals surface area contributed by atoms with E-state index >= 15 is 0 Å². The zero-order chi connectivity index (χ0) is 18.2. The standard InChI is InChI=1S/C20H21N7/c21-18-9-16(19-20(23-18)25-26-24-19)8-13-10-22-27(11-13)12-15-6-3-5-14-4-1-2-7-17(14)15/h3,5-6,9-11H,1-2,4,7-8,12H2,(H3,21,23,24,25,26). The molecule has 0 bridgehead atoms. The number of aryl methyl sites for hydroxylation is 1. The number of aromatic amines is 1. The van der Waals surface area contributed by atoms with Gasteiger partial charge in [0.25, 0.3) is 0 Å². The number of nitrogens with one attached hydrogen (secondary N) is 1. The molecule has 0 aliphatic heterocycles. The fraction of sp³-hybridized carbons (Fsp3) is 0.300. The van der Waals surface area contributed by atoms with Crippen molar-refractivity contribution in [2.24, 2.45) is 0 Å². The highest BCUT2D eigenvalue weighted by atomic mass is 15.3. The maximum atomic E-state index is 5.90. The van der Waals surface area contributed by atoms with Crippen LogP contribution in [0.3, 0.4) is 0 Å². The third-order valence-electron chi connectivity index (χ3n) is 5.30. The summed E-state index contributed by atoms with van der Waals surface area (Å²) in [4.78, 5) is 4.19. The van der Waals surface area contributed by atoms with Crippen LogP contribution in [0.1, 0.15) is 40.7 Å². The van der Waals surface area contributed by atoms with Crippen LogP contribution in [0, 0.1) is 0 Å². The van der Waals surface area contributed by atoms with Gasteiger partial charge in [-0.2, -0.15) is 15.4 Å². The van der Waals surface area contributed by atoms with Gasteiger partial charge in [-0.05, 0) is 59.6 Å². The lowest BCUT2D eigenvalue weighted by molar-refractivity contribution is 0.647. The number of hydrogen-bond donors (Lipinski definition) is 2. The highest BCUT2D eigenvalue weighted by molar-refractivity contribution is 5.76. The lowest BCUT2D eigenvalue weighted by Gasteiger charge is -2.19. The number of nitrogens with two attached hydrogens (primary N) is 1. The summed E-state index contributed by atoms with van der Waals surface area (Å²) in [5.41, 5.74) is 13.7. The SMILES string of the molecule is Nc1cc(Cc2cnn(Cc3cccc4c3CCCC4)c2)c2n[nH]nc2n1. The second-order valence-corrected chi connectivity index (χ2v) is 7.19. The maximum absolute atomic E-state index is 5.90. The minimum atomic E-state index is 0.453. The molecule has 3 N–H and O–H groups in total. The van der Waals surface area contributed by atoms with Gasteiger partial charge in [-0.3, -0.25) is 4.68 Å². The molecule has 0 fully saturated rings. The van der Waals surface area contributed by atoms with E-state index in [1.807, 2.05) is 16.9 Å². The van der Waals surface area contributed by atoms with Crippen molar-refractivity contribution in [2.45, 2.75) is 38.6 Å². The van der Waals surface area contributed by atoms with Crippen LogP contribution in [0.4, 0.5) is 5.82 Å². The Morgan fingerprint density at radius 3 is 3.00 bits per heavy atom. The van der Waals surface area contributed by atoms with E-state index in [0.717, 1.165) is 23.2 Å². The van der Waals surface area contributed by atoms with E-state index in [-0.39, 0.29) is 0 Å². The summed E-state index contributed by atoms with van der Waals surface area (Å²) in [6, 6.07) is 8.53. The van der Waals surface area contributed by atoms with Crippen LogP contribution >= 0.6 is 0 Å². The Balaban J connectivity index is 1.40. The van der Waals surface area contributed by atoms with Gasteiger partial charge >= 0.3 is 0 Å².